The van der Waals surface area contributed by atoms with Gasteiger partial charge in [0.1, 0.15) is 0 Å². The van der Waals surface area contributed by atoms with Crippen LogP contribution in [-0.2, 0) is 19.1 Å². The lowest BCUT2D eigenvalue weighted by molar-refractivity contribution is -0.138. The Morgan fingerprint density at radius 1 is 0.600 bits per heavy atom. The number of ether oxygens (including phenoxy) is 2. The first kappa shape index (κ1) is 25.1. The third-order valence-corrected chi connectivity index (χ3v) is 11.4. The van der Waals surface area contributed by atoms with Crippen LogP contribution in [0.2, 0.25) is 0 Å². The van der Waals surface area contributed by atoms with Gasteiger partial charge in [-0.2, -0.15) is 0 Å². The molecule has 194 valence electrons. The monoisotopic (exact) mass is 482 g/mol. The summed E-state index contributed by atoms with van der Waals surface area (Å²) in [6.45, 7) is 2.72. The van der Waals surface area contributed by atoms with Gasteiger partial charge >= 0.3 is 11.9 Å². The average Bonchev–Trinajstić information content (AvgIpc) is 3.68. The van der Waals surface area contributed by atoms with E-state index < -0.39 is 0 Å². The highest BCUT2D eigenvalue weighted by atomic mass is 16.5. The van der Waals surface area contributed by atoms with Crippen molar-refractivity contribution in [3.8, 4) is 0 Å². The highest BCUT2D eigenvalue weighted by Gasteiger charge is 2.65. The molecule has 6 bridgehead atoms. The van der Waals surface area contributed by atoms with E-state index in [9.17, 15) is 9.59 Å². The van der Waals surface area contributed by atoms with Crippen molar-refractivity contribution in [2.24, 2.45) is 71.0 Å². The molecule has 0 heterocycles. The molecule has 35 heavy (non-hydrogen) atoms. The van der Waals surface area contributed by atoms with Crippen LogP contribution >= 0.6 is 0 Å². The lowest BCUT2D eigenvalue weighted by atomic mass is 9.64. The quantitative estimate of drug-likeness (QED) is 0.226. The second kappa shape index (κ2) is 10.4. The third kappa shape index (κ3) is 4.64. The summed E-state index contributed by atoms with van der Waals surface area (Å²) < 4.78 is 8.22. The highest BCUT2D eigenvalue weighted by molar-refractivity contribution is 5.65. The zero-order valence-electron chi connectivity index (χ0n) is 22.2. The molecule has 0 aromatic heterocycles. The predicted molar refractivity (Wildman–Crippen MR) is 137 cm³/mol. The van der Waals surface area contributed by atoms with Crippen LogP contribution < -0.4 is 0 Å². The Bertz CT molecular complexity index is 831. The Labute approximate surface area is 212 Å². The summed E-state index contributed by atoms with van der Waals surface area (Å²) in [7, 11) is 2.70. The van der Waals surface area contributed by atoms with Crippen molar-refractivity contribution < 1.29 is 19.1 Å². The predicted octanol–water partition coefficient (Wildman–Crippen LogP) is 6.46. The fourth-order valence-electron chi connectivity index (χ4n) is 10.3. The van der Waals surface area contributed by atoms with E-state index in [0.29, 0.717) is 0 Å². The number of allylic oxidation sites excluding steroid dienone is 4. The lowest BCUT2D eigenvalue weighted by Crippen LogP contribution is -2.36. The van der Waals surface area contributed by atoms with Crippen molar-refractivity contribution in [3.05, 3.63) is 24.3 Å². The molecule has 0 aromatic carbocycles. The minimum Gasteiger partial charge on any atom is -0.469 e. The van der Waals surface area contributed by atoms with Crippen LogP contribution in [0.4, 0.5) is 0 Å². The van der Waals surface area contributed by atoms with Gasteiger partial charge in [0.05, 0.1) is 14.2 Å². The van der Waals surface area contributed by atoms with Gasteiger partial charge in [-0.15, -0.1) is 0 Å². The van der Waals surface area contributed by atoms with Gasteiger partial charge in [0.15, 0.2) is 0 Å². The minimum absolute atomic E-state index is 0.245. The maximum Gasteiger partial charge on any atom is 0.302 e. The molecule has 0 aromatic rings. The molecule has 0 amide bonds. The van der Waals surface area contributed by atoms with Crippen molar-refractivity contribution in [3.63, 3.8) is 0 Å². The Balaban J connectivity index is 0.000000110. The van der Waals surface area contributed by atoms with Crippen LogP contribution in [0.25, 0.3) is 0 Å². The fourth-order valence-corrected chi connectivity index (χ4v) is 10.3. The zero-order valence-corrected chi connectivity index (χ0v) is 22.2. The van der Waals surface area contributed by atoms with Crippen LogP contribution in [0.3, 0.4) is 0 Å². The number of methoxy groups -OCH3 is 2. The van der Waals surface area contributed by atoms with Crippen molar-refractivity contribution >= 4 is 11.9 Å². The SMILES string of the molecule is C1=CC2C(C1)C1CC2C2C3CCC(C3)C12.C1=CC2C3CCC(C3)C2C1.COC(C)=O.COC(C)=O. The van der Waals surface area contributed by atoms with E-state index in [4.69, 9.17) is 0 Å². The summed E-state index contributed by atoms with van der Waals surface area (Å²) in [5.74, 6) is 13.1. The second-order valence-electron chi connectivity index (χ2n) is 12.6. The first-order valence-electron chi connectivity index (χ1n) is 14.3. The maximum atomic E-state index is 9.59. The fraction of sp³-hybridized carbons (Fsp3) is 0.806. The van der Waals surface area contributed by atoms with Crippen molar-refractivity contribution in [2.45, 2.75) is 71.6 Å². The smallest absolute Gasteiger partial charge is 0.302 e. The van der Waals surface area contributed by atoms with E-state index in [1.54, 1.807) is 38.5 Å². The number of esters is 2. The summed E-state index contributed by atoms with van der Waals surface area (Å²) in [6.07, 6.45) is 24.0. The first-order valence-corrected chi connectivity index (χ1v) is 14.3. The summed E-state index contributed by atoms with van der Waals surface area (Å²) in [4.78, 5) is 19.2. The van der Waals surface area contributed by atoms with E-state index in [0.717, 1.165) is 47.3 Å². The number of hydrogen-bond donors (Lipinski definition) is 0. The van der Waals surface area contributed by atoms with Crippen LogP contribution in [0.1, 0.15) is 71.6 Å². The molecular formula is C31H46O4. The Kier molecular flexibility index (Phi) is 7.47. The number of fused-ring (bicyclic) bond motifs is 17. The average molecular weight is 483 g/mol. The van der Waals surface area contributed by atoms with E-state index in [1.165, 1.54) is 71.0 Å². The highest BCUT2D eigenvalue weighted by Crippen LogP contribution is 2.71. The second-order valence-corrected chi connectivity index (χ2v) is 12.6. The summed E-state index contributed by atoms with van der Waals surface area (Å²) in [6, 6.07) is 0. The van der Waals surface area contributed by atoms with Gasteiger partial charge in [-0.25, -0.2) is 0 Å². The molecular weight excluding hydrogens is 436 g/mol. The molecule has 8 aliphatic carbocycles. The van der Waals surface area contributed by atoms with E-state index in [1.807, 2.05) is 0 Å². The molecule has 4 heteroatoms. The van der Waals surface area contributed by atoms with E-state index in [-0.39, 0.29) is 11.9 Å². The van der Waals surface area contributed by atoms with Crippen LogP contribution in [-0.4, -0.2) is 26.2 Å². The molecule has 8 rings (SSSR count). The number of rotatable bonds is 0. The van der Waals surface area contributed by atoms with Crippen molar-refractivity contribution in [1.29, 1.82) is 0 Å². The van der Waals surface area contributed by atoms with Gasteiger partial charge in [-0.3, -0.25) is 9.59 Å². The normalized spacial score (nSPS) is 47.0. The Morgan fingerprint density at radius 3 is 1.69 bits per heavy atom. The van der Waals surface area contributed by atoms with Gasteiger partial charge in [0, 0.05) is 13.8 Å². The molecule has 0 saturated heterocycles. The molecule has 6 fully saturated rings. The molecule has 6 saturated carbocycles. The van der Waals surface area contributed by atoms with Crippen molar-refractivity contribution in [1.82, 2.24) is 0 Å². The van der Waals surface area contributed by atoms with Gasteiger partial charge in [0.25, 0.3) is 0 Å². The third-order valence-electron chi connectivity index (χ3n) is 11.4. The zero-order chi connectivity index (χ0) is 24.7. The molecule has 8 aliphatic rings. The largest absolute Gasteiger partial charge is 0.469 e. The molecule has 0 spiro atoms. The number of hydrogen-bond acceptors (Lipinski definition) is 4. The van der Waals surface area contributed by atoms with Crippen LogP contribution in [0.5, 0.6) is 0 Å². The van der Waals surface area contributed by atoms with E-state index >= 15 is 0 Å². The Morgan fingerprint density at radius 2 is 1.09 bits per heavy atom. The molecule has 0 radical (unpaired) electrons. The van der Waals surface area contributed by atoms with Gasteiger partial charge in [-0.1, -0.05) is 24.3 Å². The Hall–Kier alpha value is -1.58. The van der Waals surface area contributed by atoms with Crippen LogP contribution in [0, 0.1) is 71.0 Å². The summed E-state index contributed by atoms with van der Waals surface area (Å²) in [5, 5.41) is 0. The summed E-state index contributed by atoms with van der Waals surface area (Å²) >= 11 is 0. The van der Waals surface area contributed by atoms with Gasteiger partial charge in [-0.05, 0) is 129 Å². The molecule has 0 N–H and O–H groups in total. The molecule has 4 nitrogen and oxygen atoms in total. The van der Waals surface area contributed by atoms with Crippen molar-refractivity contribution in [2.75, 3.05) is 14.2 Å². The molecule has 0 aliphatic heterocycles. The lowest BCUT2D eigenvalue weighted by Gasteiger charge is -2.40. The standard InChI is InChI=1S/C15H20.C10H14.2C3H6O2/c1-2-10-11(3-1)13-7-12(10)14-8-4-5-9(6-8)15(13)14;1-2-9-7-4-5-8(6-7)10(9)3-1;2*1-3(4)5-2/h1-2,8-15H,3-7H2;1-2,7-10H,3-6H2;2*1-2H3. The minimum atomic E-state index is -0.245. The number of carbonyl (C=O) groups is 2. The van der Waals surface area contributed by atoms with E-state index in [2.05, 4.69) is 33.8 Å². The topological polar surface area (TPSA) is 52.6 Å². The van der Waals surface area contributed by atoms with Gasteiger partial charge in [0.2, 0.25) is 0 Å². The van der Waals surface area contributed by atoms with Crippen LogP contribution in [0.15, 0.2) is 24.3 Å². The maximum absolute atomic E-state index is 9.59. The number of carbonyl (C=O) groups excluding carboxylic acids is 2. The molecule has 12 unspecified atom stereocenters. The molecule has 12 atom stereocenters. The van der Waals surface area contributed by atoms with Gasteiger partial charge < -0.3 is 9.47 Å². The first-order chi connectivity index (χ1) is 16.9. The summed E-state index contributed by atoms with van der Waals surface area (Å²) in [5.41, 5.74) is 0.